The molecule has 18 heavy (non-hydrogen) atoms. The number of nitrogens with one attached hydrogen (secondary N) is 1. The summed E-state index contributed by atoms with van der Waals surface area (Å²) in [5.41, 5.74) is 0.604. The van der Waals surface area contributed by atoms with Gasteiger partial charge >= 0.3 is 5.69 Å². The van der Waals surface area contributed by atoms with E-state index in [1.165, 1.54) is 38.3 Å². The Labute approximate surface area is 108 Å². The maximum absolute atomic E-state index is 10.8. The first-order valence-corrected chi connectivity index (χ1v) is 6.58. The van der Waals surface area contributed by atoms with Crippen LogP contribution in [0.4, 0.5) is 11.4 Å². The maximum Gasteiger partial charge on any atom is 0.310 e. The zero-order valence-electron chi connectivity index (χ0n) is 10.9. The smallest absolute Gasteiger partial charge is 0.310 e. The van der Waals surface area contributed by atoms with E-state index < -0.39 is 4.92 Å². The molecule has 1 N–H and O–H groups in total. The lowest BCUT2D eigenvalue weighted by Crippen LogP contribution is -2.04. The van der Waals surface area contributed by atoms with Gasteiger partial charge in [-0.2, -0.15) is 0 Å². The van der Waals surface area contributed by atoms with Gasteiger partial charge in [-0.05, 0) is 12.5 Å². The Morgan fingerprint density at radius 3 is 2.72 bits per heavy atom. The minimum atomic E-state index is -0.406. The molecule has 0 saturated heterocycles. The minimum absolute atomic E-state index is 0.0449. The third-order valence-electron chi connectivity index (χ3n) is 2.84. The van der Waals surface area contributed by atoms with E-state index in [0.717, 1.165) is 13.0 Å². The molecule has 0 radical (unpaired) electrons. The zero-order valence-corrected chi connectivity index (χ0v) is 10.9. The predicted molar refractivity (Wildman–Crippen MR) is 72.8 cm³/mol. The lowest BCUT2D eigenvalue weighted by molar-refractivity contribution is -0.384. The molecule has 1 rings (SSSR count). The van der Waals surface area contributed by atoms with E-state index in [4.69, 9.17) is 0 Å². The van der Waals surface area contributed by atoms with Crippen LogP contribution in [0.25, 0.3) is 0 Å². The van der Waals surface area contributed by atoms with E-state index in [1.54, 1.807) is 12.3 Å². The third kappa shape index (κ3) is 5.12. The average molecular weight is 251 g/mol. The summed E-state index contributed by atoms with van der Waals surface area (Å²) in [6.45, 7) is 2.97. The van der Waals surface area contributed by atoms with Crippen LogP contribution in [0.15, 0.2) is 18.5 Å². The summed E-state index contributed by atoms with van der Waals surface area (Å²) >= 11 is 0. The lowest BCUT2D eigenvalue weighted by atomic mass is 10.1. The van der Waals surface area contributed by atoms with E-state index in [1.807, 2.05) is 0 Å². The number of hydrogen-bond acceptors (Lipinski definition) is 4. The van der Waals surface area contributed by atoms with Crippen molar-refractivity contribution in [1.29, 1.82) is 0 Å². The van der Waals surface area contributed by atoms with Gasteiger partial charge in [-0.3, -0.25) is 15.1 Å². The SMILES string of the molecule is CCCCCCCCNc1ccncc1[N+](=O)[O-]. The van der Waals surface area contributed by atoms with Gasteiger partial charge in [0.2, 0.25) is 0 Å². The molecule has 5 heteroatoms. The van der Waals surface area contributed by atoms with E-state index in [0.29, 0.717) is 5.69 Å². The van der Waals surface area contributed by atoms with Gasteiger partial charge in [-0.25, -0.2) is 0 Å². The van der Waals surface area contributed by atoms with Crippen LogP contribution in [0.1, 0.15) is 45.4 Å². The van der Waals surface area contributed by atoms with Crippen LogP contribution < -0.4 is 5.32 Å². The standard InChI is InChI=1S/C13H21N3O2/c1-2-3-4-5-6-7-9-15-12-8-10-14-11-13(12)16(17)18/h8,10-11H,2-7,9H2,1H3,(H,14,15). The first kappa shape index (κ1) is 14.4. The highest BCUT2D eigenvalue weighted by Gasteiger charge is 2.11. The Morgan fingerprint density at radius 1 is 1.28 bits per heavy atom. The van der Waals surface area contributed by atoms with Crippen molar-refractivity contribution in [2.45, 2.75) is 45.4 Å². The fourth-order valence-corrected chi connectivity index (χ4v) is 1.81. The molecule has 0 aliphatic rings. The van der Waals surface area contributed by atoms with Crippen LogP contribution >= 0.6 is 0 Å². The van der Waals surface area contributed by atoms with Gasteiger partial charge in [-0.1, -0.05) is 39.0 Å². The largest absolute Gasteiger partial charge is 0.379 e. The molecule has 1 aromatic heterocycles. The lowest BCUT2D eigenvalue weighted by Gasteiger charge is -2.06. The molecule has 0 aliphatic heterocycles. The summed E-state index contributed by atoms with van der Waals surface area (Å²) in [6, 6.07) is 1.65. The van der Waals surface area contributed by atoms with Gasteiger partial charge in [0.25, 0.3) is 0 Å². The van der Waals surface area contributed by atoms with Crippen LogP contribution in [0, 0.1) is 10.1 Å². The molecule has 100 valence electrons. The van der Waals surface area contributed by atoms with E-state index >= 15 is 0 Å². The minimum Gasteiger partial charge on any atom is -0.379 e. The Kier molecular flexibility index (Phi) is 6.76. The van der Waals surface area contributed by atoms with E-state index in [9.17, 15) is 10.1 Å². The number of nitrogens with zero attached hydrogens (tertiary/aromatic N) is 2. The summed E-state index contributed by atoms with van der Waals surface area (Å²) in [4.78, 5) is 14.1. The van der Waals surface area contributed by atoms with Crippen molar-refractivity contribution in [3.05, 3.63) is 28.6 Å². The number of rotatable bonds is 9. The Bertz CT molecular complexity index is 369. The van der Waals surface area contributed by atoms with E-state index in [-0.39, 0.29) is 5.69 Å². The van der Waals surface area contributed by atoms with Crippen molar-refractivity contribution in [3.63, 3.8) is 0 Å². The molecule has 0 atom stereocenters. The summed E-state index contributed by atoms with van der Waals surface area (Å²) < 4.78 is 0. The quantitative estimate of drug-likeness (QED) is 0.412. The van der Waals surface area contributed by atoms with Gasteiger partial charge in [0.15, 0.2) is 0 Å². The molecule has 1 heterocycles. The molecule has 0 fully saturated rings. The normalized spacial score (nSPS) is 10.3. The number of unbranched alkanes of at least 4 members (excludes halogenated alkanes) is 5. The molecule has 0 aliphatic carbocycles. The summed E-state index contributed by atoms with van der Waals surface area (Å²) in [6.07, 6.45) is 10.1. The Morgan fingerprint density at radius 2 is 2.00 bits per heavy atom. The van der Waals surface area contributed by atoms with Crippen molar-refractivity contribution in [1.82, 2.24) is 4.98 Å². The number of hydrogen-bond donors (Lipinski definition) is 1. The molecular weight excluding hydrogens is 230 g/mol. The second kappa shape index (κ2) is 8.44. The maximum atomic E-state index is 10.8. The zero-order chi connectivity index (χ0) is 13.2. The van der Waals surface area contributed by atoms with Gasteiger partial charge in [-0.15, -0.1) is 0 Å². The highest BCUT2D eigenvalue weighted by atomic mass is 16.6. The van der Waals surface area contributed by atoms with Crippen molar-refractivity contribution < 1.29 is 4.92 Å². The topological polar surface area (TPSA) is 68.1 Å². The molecular formula is C13H21N3O2. The Hall–Kier alpha value is -1.65. The molecule has 0 unspecified atom stereocenters. The molecule has 5 nitrogen and oxygen atoms in total. The highest BCUT2D eigenvalue weighted by molar-refractivity contribution is 5.59. The number of nitro groups is 1. The van der Waals surface area contributed by atoms with Crippen molar-refractivity contribution in [2.75, 3.05) is 11.9 Å². The van der Waals surface area contributed by atoms with Crippen LogP contribution in [0.3, 0.4) is 0 Å². The van der Waals surface area contributed by atoms with Crippen molar-refractivity contribution in [3.8, 4) is 0 Å². The molecule has 0 bridgehead atoms. The number of anilines is 1. The van der Waals surface area contributed by atoms with E-state index in [2.05, 4.69) is 17.2 Å². The fourth-order valence-electron chi connectivity index (χ4n) is 1.81. The van der Waals surface area contributed by atoms with Crippen LogP contribution in [-0.4, -0.2) is 16.5 Å². The van der Waals surface area contributed by atoms with Crippen LogP contribution in [-0.2, 0) is 0 Å². The van der Waals surface area contributed by atoms with Gasteiger partial charge < -0.3 is 5.32 Å². The Balaban J connectivity index is 2.25. The highest BCUT2D eigenvalue weighted by Crippen LogP contribution is 2.21. The molecule has 1 aromatic rings. The summed E-state index contributed by atoms with van der Waals surface area (Å²) in [5.74, 6) is 0. The first-order chi connectivity index (χ1) is 8.75. The predicted octanol–water partition coefficient (Wildman–Crippen LogP) is 3.76. The summed E-state index contributed by atoms with van der Waals surface area (Å²) in [7, 11) is 0. The molecule has 0 spiro atoms. The number of aromatic nitrogens is 1. The first-order valence-electron chi connectivity index (χ1n) is 6.58. The van der Waals surface area contributed by atoms with Crippen molar-refractivity contribution >= 4 is 11.4 Å². The molecule has 0 saturated carbocycles. The monoisotopic (exact) mass is 251 g/mol. The fraction of sp³-hybridized carbons (Fsp3) is 0.615. The average Bonchev–Trinajstić information content (AvgIpc) is 2.38. The second-order valence-electron chi connectivity index (χ2n) is 4.34. The molecule has 0 aromatic carbocycles. The van der Waals surface area contributed by atoms with Crippen molar-refractivity contribution in [2.24, 2.45) is 0 Å². The van der Waals surface area contributed by atoms with Crippen LogP contribution in [0.5, 0.6) is 0 Å². The third-order valence-corrected chi connectivity index (χ3v) is 2.84. The van der Waals surface area contributed by atoms with Gasteiger partial charge in [0, 0.05) is 12.7 Å². The molecule has 0 amide bonds. The van der Waals surface area contributed by atoms with Crippen LogP contribution in [0.2, 0.25) is 0 Å². The second-order valence-corrected chi connectivity index (χ2v) is 4.34. The van der Waals surface area contributed by atoms with Gasteiger partial charge in [0.05, 0.1) is 4.92 Å². The summed E-state index contributed by atoms with van der Waals surface area (Å²) in [5, 5.41) is 13.9. The number of pyridine rings is 1. The van der Waals surface area contributed by atoms with Gasteiger partial charge in [0.1, 0.15) is 11.9 Å².